The van der Waals surface area contributed by atoms with Crippen LogP contribution >= 0.6 is 14.7 Å². The molecule has 11 nitrogen and oxygen atoms in total. The van der Waals surface area contributed by atoms with E-state index in [1.165, 1.54) is 28.4 Å². The Kier molecular flexibility index (Phi) is 16.1. The highest BCUT2D eigenvalue weighted by molar-refractivity contribution is 7.95. The Morgan fingerprint density at radius 3 is 1.32 bits per heavy atom. The molecule has 0 bridgehead atoms. The molecule has 0 saturated carbocycles. The van der Waals surface area contributed by atoms with Gasteiger partial charge in [-0.2, -0.15) is 0 Å². The Hall–Kier alpha value is -3.75. The molecular weight excluding hydrogens is 682 g/mol. The van der Waals surface area contributed by atoms with Gasteiger partial charge >= 0.3 is 7.60 Å². The summed E-state index contributed by atoms with van der Waals surface area (Å²) in [5, 5.41) is 0. The van der Waals surface area contributed by atoms with Gasteiger partial charge in [-0.3, -0.25) is 18.9 Å². The van der Waals surface area contributed by atoms with Crippen molar-refractivity contribution >= 4 is 31.3 Å². The van der Waals surface area contributed by atoms with Crippen LogP contribution in [0.5, 0.6) is 23.0 Å². The molecule has 0 saturated heterocycles. The highest BCUT2D eigenvalue weighted by Gasteiger charge is 2.46. The molecule has 0 heterocycles. The molecule has 50 heavy (non-hydrogen) atoms. The summed E-state index contributed by atoms with van der Waals surface area (Å²) in [6.07, 6.45) is 0.564. The van der Waals surface area contributed by atoms with Crippen molar-refractivity contribution in [2.75, 3.05) is 47.8 Å². The fraction of sp³-hybridized carbons (Fsp3) is 0.432. The smallest absolute Gasteiger partial charge is 0.401 e. The fourth-order valence-corrected chi connectivity index (χ4v) is 9.67. The van der Waals surface area contributed by atoms with Crippen molar-refractivity contribution in [1.29, 1.82) is 0 Å². The van der Waals surface area contributed by atoms with E-state index in [4.69, 9.17) is 28.0 Å². The number of rotatable bonds is 17. The second kappa shape index (κ2) is 19.0. The quantitative estimate of drug-likeness (QED) is 0.123. The first-order chi connectivity index (χ1) is 23.6. The number of methoxy groups -OCH3 is 4. The molecule has 0 aliphatic rings. The van der Waals surface area contributed by atoms with Gasteiger partial charge in [0.25, 0.3) is 5.52 Å². The minimum Gasteiger partial charge on any atom is -0.496 e. The van der Waals surface area contributed by atoms with Crippen molar-refractivity contribution in [3.8, 4) is 23.0 Å². The molecule has 0 aliphatic heterocycles. The summed E-state index contributed by atoms with van der Waals surface area (Å²) in [6.45, 7) is 11.8. The van der Waals surface area contributed by atoms with Gasteiger partial charge in [0, 0.05) is 11.7 Å². The van der Waals surface area contributed by atoms with Crippen molar-refractivity contribution in [2.24, 2.45) is 11.3 Å². The van der Waals surface area contributed by atoms with Crippen LogP contribution in [0.2, 0.25) is 0 Å². The van der Waals surface area contributed by atoms with Gasteiger partial charge in [0.2, 0.25) is 18.2 Å². The van der Waals surface area contributed by atoms with E-state index >= 15 is 0 Å². The largest absolute Gasteiger partial charge is 0.496 e. The standard InChI is InChI=1S/C26H35O7P.C11H15O4P/c1-17(15-26(2,3)4)16-34(29,24(27)22-18(30-5)11-9-12-19(22)31-6)25(28)23-20(32-7)13-10-14-21(23)33-8;1-3-14-16(13,15-4-2)11(12)10-8-6-5-7-9-10/h9-14,17H,15-16H2,1-8H3;5-9H,3-4H2,1-2H3. The first kappa shape index (κ1) is 42.4. The minimum atomic E-state index is -4.25. The summed E-state index contributed by atoms with van der Waals surface area (Å²) >= 11 is 0. The fourth-order valence-electron chi connectivity index (χ4n) is 5.53. The first-order valence-corrected chi connectivity index (χ1v) is 19.6. The van der Waals surface area contributed by atoms with Crippen LogP contribution in [0.1, 0.15) is 79.0 Å². The van der Waals surface area contributed by atoms with Crippen molar-refractivity contribution in [1.82, 2.24) is 0 Å². The molecule has 0 amide bonds. The molecule has 0 aliphatic carbocycles. The molecule has 0 aromatic heterocycles. The molecule has 3 aromatic carbocycles. The maximum atomic E-state index is 14.7. The SMILES string of the molecule is CCOP(=O)(OCC)C(=O)c1ccccc1.COc1cccc(OC)c1C(=O)P(=O)(CC(C)CC(C)(C)C)C(=O)c1c(OC)cccc1OC. The van der Waals surface area contributed by atoms with E-state index in [1.807, 2.05) is 6.92 Å². The van der Waals surface area contributed by atoms with Crippen LogP contribution in [-0.2, 0) is 18.2 Å². The van der Waals surface area contributed by atoms with Crippen molar-refractivity contribution in [3.05, 3.63) is 83.4 Å². The number of benzene rings is 3. The molecule has 13 heteroatoms. The Balaban J connectivity index is 0.000000452. The number of hydrogen-bond donors (Lipinski definition) is 0. The highest BCUT2D eigenvalue weighted by Crippen LogP contribution is 2.58. The van der Waals surface area contributed by atoms with Crippen LogP contribution < -0.4 is 18.9 Å². The lowest BCUT2D eigenvalue weighted by atomic mass is 9.86. The second-order valence-electron chi connectivity index (χ2n) is 12.5. The minimum absolute atomic E-state index is 0.0130. The van der Waals surface area contributed by atoms with E-state index in [0.717, 1.165) is 0 Å². The molecule has 0 fully saturated rings. The molecule has 0 N–H and O–H groups in total. The summed E-state index contributed by atoms with van der Waals surface area (Å²) in [5.74, 6) is 0.571. The molecule has 3 rings (SSSR count). The van der Waals surface area contributed by atoms with Crippen molar-refractivity contribution in [3.63, 3.8) is 0 Å². The van der Waals surface area contributed by atoms with Crippen LogP contribution in [-0.4, -0.2) is 64.4 Å². The topological polar surface area (TPSA) is 141 Å². The highest BCUT2D eigenvalue weighted by atomic mass is 31.2. The molecule has 3 aromatic rings. The Morgan fingerprint density at radius 1 is 0.620 bits per heavy atom. The third kappa shape index (κ3) is 10.6. The lowest BCUT2D eigenvalue weighted by molar-refractivity contribution is 0.0999. The van der Waals surface area contributed by atoms with Gasteiger partial charge < -0.3 is 32.6 Å². The summed E-state index contributed by atoms with van der Waals surface area (Å²) in [5.41, 5.74) is -1.96. The number of ether oxygens (including phenoxy) is 4. The third-order valence-corrected chi connectivity index (χ3v) is 12.2. The molecule has 0 radical (unpaired) electrons. The zero-order valence-corrected chi connectivity index (χ0v) is 32.4. The van der Waals surface area contributed by atoms with E-state index < -0.39 is 31.3 Å². The van der Waals surface area contributed by atoms with Gasteiger partial charge in [0.1, 0.15) is 34.1 Å². The summed E-state index contributed by atoms with van der Waals surface area (Å²) < 4.78 is 58.3. The first-order valence-electron chi connectivity index (χ1n) is 16.2. The zero-order chi connectivity index (χ0) is 37.7. The van der Waals surface area contributed by atoms with E-state index in [1.54, 1.807) is 80.6 Å². The normalized spacial score (nSPS) is 12.2. The van der Waals surface area contributed by atoms with Gasteiger partial charge in [0.15, 0.2) is 0 Å². The zero-order valence-electron chi connectivity index (χ0n) is 30.6. The third-order valence-electron chi connectivity index (χ3n) is 7.34. The lowest BCUT2D eigenvalue weighted by Gasteiger charge is -2.27. The van der Waals surface area contributed by atoms with Crippen molar-refractivity contribution < 1.29 is 51.5 Å². The predicted octanol–water partition coefficient (Wildman–Crippen LogP) is 9.23. The molecule has 274 valence electrons. The van der Waals surface area contributed by atoms with E-state index in [0.29, 0.717) is 12.0 Å². The van der Waals surface area contributed by atoms with E-state index in [-0.39, 0.29) is 64.8 Å². The monoisotopic (exact) mass is 732 g/mol. The maximum absolute atomic E-state index is 14.7. The van der Waals surface area contributed by atoms with Gasteiger partial charge in [-0.25, -0.2) is 0 Å². The number of hydrogen-bond acceptors (Lipinski definition) is 11. The molecule has 1 unspecified atom stereocenters. The number of carbonyl (C=O) groups excluding carboxylic acids is 3. The lowest BCUT2D eigenvalue weighted by Crippen LogP contribution is -2.21. The van der Waals surface area contributed by atoms with Crippen LogP contribution in [0.15, 0.2) is 66.7 Å². The van der Waals surface area contributed by atoms with E-state index in [9.17, 15) is 23.5 Å². The predicted molar refractivity (Wildman–Crippen MR) is 195 cm³/mol. The molecular formula is C37H50O11P2. The number of carbonyl (C=O) groups is 3. The van der Waals surface area contributed by atoms with Gasteiger partial charge in [-0.1, -0.05) is 70.2 Å². The van der Waals surface area contributed by atoms with Crippen molar-refractivity contribution in [2.45, 2.75) is 48.0 Å². The van der Waals surface area contributed by atoms with Crippen LogP contribution in [0.25, 0.3) is 0 Å². The Bertz CT molecular complexity index is 1570. The summed E-state index contributed by atoms with van der Waals surface area (Å²) in [4.78, 5) is 40.0. The van der Waals surface area contributed by atoms with Crippen LogP contribution in [0, 0.1) is 11.3 Å². The van der Waals surface area contributed by atoms with Crippen LogP contribution in [0.3, 0.4) is 0 Å². The van der Waals surface area contributed by atoms with Crippen LogP contribution in [0.4, 0.5) is 0 Å². The summed E-state index contributed by atoms with van der Waals surface area (Å²) in [6, 6.07) is 18.0. The van der Waals surface area contributed by atoms with Gasteiger partial charge in [-0.05, 0) is 55.9 Å². The van der Waals surface area contributed by atoms with Gasteiger partial charge in [-0.15, -0.1) is 0 Å². The van der Waals surface area contributed by atoms with E-state index in [2.05, 4.69) is 20.8 Å². The molecule has 0 spiro atoms. The average molecular weight is 733 g/mol. The maximum Gasteiger partial charge on any atom is 0.401 e. The summed E-state index contributed by atoms with van der Waals surface area (Å²) in [7, 11) is -2.29. The Morgan fingerprint density at radius 2 is 1.00 bits per heavy atom. The molecule has 1 atom stereocenters. The second-order valence-corrected chi connectivity index (χ2v) is 17.1. The average Bonchev–Trinajstić information content (AvgIpc) is 3.09. The van der Waals surface area contributed by atoms with Gasteiger partial charge in [0.05, 0.1) is 41.7 Å². The Labute approximate surface area is 295 Å².